The predicted molar refractivity (Wildman–Crippen MR) is 123 cm³/mol. The number of halogens is 1. The second kappa shape index (κ2) is 9.12. The first kappa shape index (κ1) is 22.0. The number of carbonyl (C=O) groups is 1. The Hall–Kier alpha value is -3.19. The SMILES string of the molecule is Cc1ccc(Nc2c(-c3ccc(F)cc3)nc3n2CCN(C(=O)C(O)CC(C)C)C3)cc1. The molecule has 168 valence electrons. The lowest BCUT2D eigenvalue weighted by Gasteiger charge is -2.30. The number of amides is 1. The molecule has 0 saturated carbocycles. The number of carbonyl (C=O) groups excluding carboxylic acids is 1. The first-order valence-electron chi connectivity index (χ1n) is 11.0. The van der Waals surface area contributed by atoms with Crippen LogP contribution in [0.25, 0.3) is 11.3 Å². The van der Waals surface area contributed by atoms with E-state index in [1.54, 1.807) is 17.0 Å². The van der Waals surface area contributed by atoms with Crippen LogP contribution in [0.1, 0.15) is 31.7 Å². The van der Waals surface area contributed by atoms with Gasteiger partial charge in [-0.1, -0.05) is 31.5 Å². The second-order valence-electron chi connectivity index (χ2n) is 8.78. The second-order valence-corrected chi connectivity index (χ2v) is 8.78. The Morgan fingerprint density at radius 2 is 1.81 bits per heavy atom. The van der Waals surface area contributed by atoms with Crippen molar-refractivity contribution in [2.24, 2.45) is 5.92 Å². The molecule has 0 spiro atoms. The molecule has 0 radical (unpaired) electrons. The van der Waals surface area contributed by atoms with Gasteiger partial charge in [0.15, 0.2) is 0 Å². The number of hydrogen-bond donors (Lipinski definition) is 2. The van der Waals surface area contributed by atoms with E-state index in [-0.39, 0.29) is 17.6 Å². The van der Waals surface area contributed by atoms with Gasteiger partial charge in [0.05, 0.1) is 6.54 Å². The van der Waals surface area contributed by atoms with Crippen LogP contribution in [0.4, 0.5) is 15.9 Å². The molecule has 1 aromatic heterocycles. The van der Waals surface area contributed by atoms with Crippen LogP contribution >= 0.6 is 0 Å². The number of nitrogens with zero attached hydrogens (tertiary/aromatic N) is 3. The van der Waals surface area contributed by atoms with Crippen molar-refractivity contribution in [2.75, 3.05) is 11.9 Å². The van der Waals surface area contributed by atoms with E-state index in [2.05, 4.69) is 9.88 Å². The number of imidazole rings is 1. The zero-order valence-corrected chi connectivity index (χ0v) is 18.7. The van der Waals surface area contributed by atoms with Crippen molar-refractivity contribution in [3.8, 4) is 11.3 Å². The van der Waals surface area contributed by atoms with Crippen LogP contribution in [0.3, 0.4) is 0 Å². The van der Waals surface area contributed by atoms with E-state index in [0.29, 0.717) is 31.7 Å². The lowest BCUT2D eigenvalue weighted by Crippen LogP contribution is -2.44. The fraction of sp³-hybridized carbons (Fsp3) is 0.360. The topological polar surface area (TPSA) is 70.4 Å². The maximum Gasteiger partial charge on any atom is 0.251 e. The summed E-state index contributed by atoms with van der Waals surface area (Å²) in [7, 11) is 0. The summed E-state index contributed by atoms with van der Waals surface area (Å²) in [6, 6.07) is 14.3. The number of aromatic nitrogens is 2. The Balaban J connectivity index is 1.67. The molecule has 2 aromatic carbocycles. The van der Waals surface area contributed by atoms with Crippen LogP contribution in [-0.4, -0.2) is 38.1 Å². The summed E-state index contributed by atoms with van der Waals surface area (Å²) in [6.45, 7) is 7.36. The summed E-state index contributed by atoms with van der Waals surface area (Å²) in [5, 5.41) is 13.8. The minimum absolute atomic E-state index is 0.233. The van der Waals surface area contributed by atoms with Gasteiger partial charge in [0, 0.05) is 24.3 Å². The van der Waals surface area contributed by atoms with Crippen LogP contribution < -0.4 is 5.32 Å². The van der Waals surface area contributed by atoms with E-state index in [9.17, 15) is 14.3 Å². The highest BCUT2D eigenvalue weighted by atomic mass is 19.1. The number of aliphatic hydroxyl groups excluding tert-OH is 1. The summed E-state index contributed by atoms with van der Waals surface area (Å²) < 4.78 is 15.6. The van der Waals surface area contributed by atoms with Gasteiger partial charge >= 0.3 is 0 Å². The molecule has 0 aliphatic carbocycles. The van der Waals surface area contributed by atoms with Crippen molar-refractivity contribution in [1.82, 2.24) is 14.5 Å². The molecule has 1 aliphatic heterocycles. The van der Waals surface area contributed by atoms with E-state index in [1.807, 2.05) is 45.0 Å². The highest BCUT2D eigenvalue weighted by molar-refractivity contribution is 5.81. The molecule has 1 unspecified atom stereocenters. The molecule has 3 aromatic rings. The number of anilines is 2. The van der Waals surface area contributed by atoms with Gasteiger partial charge in [-0.3, -0.25) is 4.79 Å². The smallest absolute Gasteiger partial charge is 0.251 e. The van der Waals surface area contributed by atoms with Crippen molar-refractivity contribution in [3.05, 3.63) is 65.7 Å². The molecule has 0 bridgehead atoms. The largest absolute Gasteiger partial charge is 0.383 e. The molecule has 1 atom stereocenters. The summed E-state index contributed by atoms with van der Waals surface area (Å²) in [5.74, 6) is 1.21. The third-order valence-corrected chi connectivity index (χ3v) is 5.70. The number of benzene rings is 2. The number of fused-ring (bicyclic) bond motifs is 1. The lowest BCUT2D eigenvalue weighted by atomic mass is 10.0. The molecule has 2 heterocycles. The van der Waals surface area contributed by atoms with Gasteiger partial charge < -0.3 is 19.9 Å². The first-order valence-corrected chi connectivity index (χ1v) is 11.0. The Bertz CT molecular complexity index is 1090. The molecular weight excluding hydrogens is 407 g/mol. The monoisotopic (exact) mass is 436 g/mol. The zero-order valence-electron chi connectivity index (χ0n) is 18.7. The molecule has 0 fully saturated rings. The maximum atomic E-state index is 13.5. The molecule has 1 aliphatic rings. The third-order valence-electron chi connectivity index (χ3n) is 5.70. The number of aliphatic hydroxyl groups is 1. The molecule has 32 heavy (non-hydrogen) atoms. The Morgan fingerprint density at radius 3 is 2.47 bits per heavy atom. The predicted octanol–water partition coefficient (Wildman–Crippen LogP) is 4.49. The van der Waals surface area contributed by atoms with Crippen molar-refractivity contribution < 1.29 is 14.3 Å². The normalized spacial score (nSPS) is 14.4. The Morgan fingerprint density at radius 1 is 1.12 bits per heavy atom. The van der Waals surface area contributed by atoms with Crippen LogP contribution in [-0.2, 0) is 17.9 Å². The molecule has 1 amide bonds. The van der Waals surface area contributed by atoms with Gasteiger partial charge in [-0.05, 0) is 55.7 Å². The van der Waals surface area contributed by atoms with Gasteiger partial charge in [-0.15, -0.1) is 0 Å². The number of aryl methyl sites for hydroxylation is 1. The van der Waals surface area contributed by atoms with E-state index < -0.39 is 6.10 Å². The molecule has 2 N–H and O–H groups in total. The fourth-order valence-corrected chi connectivity index (χ4v) is 3.99. The minimum Gasteiger partial charge on any atom is -0.383 e. The van der Waals surface area contributed by atoms with Crippen LogP contribution in [0.15, 0.2) is 48.5 Å². The summed E-state index contributed by atoms with van der Waals surface area (Å²) >= 11 is 0. The molecule has 6 nitrogen and oxygen atoms in total. The van der Waals surface area contributed by atoms with E-state index in [0.717, 1.165) is 22.9 Å². The Kier molecular flexibility index (Phi) is 6.28. The van der Waals surface area contributed by atoms with Gasteiger partial charge in [0.25, 0.3) is 5.91 Å². The molecule has 0 saturated heterocycles. The summed E-state index contributed by atoms with van der Waals surface area (Å²) in [4.78, 5) is 19.2. The highest BCUT2D eigenvalue weighted by Crippen LogP contribution is 2.33. The highest BCUT2D eigenvalue weighted by Gasteiger charge is 2.30. The van der Waals surface area contributed by atoms with E-state index in [1.165, 1.54) is 17.7 Å². The van der Waals surface area contributed by atoms with Gasteiger partial charge in [0.2, 0.25) is 0 Å². The van der Waals surface area contributed by atoms with Crippen molar-refractivity contribution in [2.45, 2.75) is 46.4 Å². The average Bonchev–Trinajstić information content (AvgIpc) is 3.12. The lowest BCUT2D eigenvalue weighted by molar-refractivity contribution is -0.142. The van der Waals surface area contributed by atoms with E-state index >= 15 is 0 Å². The summed E-state index contributed by atoms with van der Waals surface area (Å²) in [5.41, 5.74) is 3.59. The summed E-state index contributed by atoms with van der Waals surface area (Å²) in [6.07, 6.45) is -0.566. The molecule has 4 rings (SSSR count). The van der Waals surface area contributed by atoms with Crippen molar-refractivity contribution >= 4 is 17.4 Å². The van der Waals surface area contributed by atoms with Gasteiger partial charge in [0.1, 0.15) is 29.3 Å². The van der Waals surface area contributed by atoms with Crippen LogP contribution in [0.5, 0.6) is 0 Å². The Labute approximate surface area is 187 Å². The molecule has 7 heteroatoms. The molecular formula is C25H29FN4O2. The van der Waals surface area contributed by atoms with Gasteiger partial charge in [-0.25, -0.2) is 9.37 Å². The zero-order chi connectivity index (χ0) is 22.8. The maximum absolute atomic E-state index is 13.5. The van der Waals surface area contributed by atoms with Crippen molar-refractivity contribution in [1.29, 1.82) is 0 Å². The van der Waals surface area contributed by atoms with Gasteiger partial charge in [-0.2, -0.15) is 0 Å². The standard InChI is InChI=1S/C25H29FN4O2/c1-16(2)14-21(31)25(32)29-12-13-30-22(15-29)28-23(18-6-8-19(26)9-7-18)24(30)27-20-10-4-17(3)5-11-20/h4-11,16,21,27,31H,12-15H2,1-3H3. The third kappa shape index (κ3) is 4.67. The number of nitrogens with one attached hydrogen (secondary N) is 1. The van der Waals surface area contributed by atoms with Crippen LogP contribution in [0, 0.1) is 18.7 Å². The van der Waals surface area contributed by atoms with Crippen LogP contribution in [0.2, 0.25) is 0 Å². The quantitative estimate of drug-likeness (QED) is 0.597. The minimum atomic E-state index is -1.00. The average molecular weight is 437 g/mol. The fourth-order valence-electron chi connectivity index (χ4n) is 3.99. The van der Waals surface area contributed by atoms with E-state index in [4.69, 9.17) is 4.98 Å². The first-order chi connectivity index (χ1) is 15.3. The number of hydrogen-bond acceptors (Lipinski definition) is 4. The van der Waals surface area contributed by atoms with Crippen molar-refractivity contribution in [3.63, 3.8) is 0 Å². The number of rotatable bonds is 6.